The Kier molecular flexibility index (Phi) is 11.1. The van der Waals surface area contributed by atoms with E-state index < -0.39 is 20.6 Å². The van der Waals surface area contributed by atoms with Crippen molar-refractivity contribution in [3.05, 3.63) is 37.4 Å². The highest BCUT2D eigenvalue weighted by Gasteiger charge is 2.16. The van der Waals surface area contributed by atoms with Gasteiger partial charge in [0.15, 0.2) is 0 Å². The van der Waals surface area contributed by atoms with Crippen LogP contribution in [0.4, 0.5) is 0 Å². The molecule has 0 aliphatic carbocycles. The van der Waals surface area contributed by atoms with Gasteiger partial charge in [-0.05, 0) is 0 Å². The Morgan fingerprint density at radius 1 is 0.714 bits per heavy atom. The lowest BCUT2D eigenvalue weighted by Gasteiger charge is -2.04. The van der Waals surface area contributed by atoms with Gasteiger partial charge in [0, 0.05) is 0 Å². The number of ether oxygens (including phenoxy) is 2. The summed E-state index contributed by atoms with van der Waals surface area (Å²) in [5.41, 5.74) is 0. The van der Waals surface area contributed by atoms with E-state index >= 15 is 0 Å². The number of aromatic nitrogens is 4. The fourth-order valence-electron chi connectivity index (χ4n) is 1.95. The Hall–Kier alpha value is -1.26. The predicted molar refractivity (Wildman–Crippen MR) is 84.8 cm³/mol. The van der Waals surface area contributed by atoms with Crippen LogP contribution >= 0.6 is 0 Å². The summed E-state index contributed by atoms with van der Waals surface area (Å²) in [6, 6.07) is 0. The summed E-state index contributed by atoms with van der Waals surface area (Å²) >= 11 is 0. The van der Waals surface area contributed by atoms with Gasteiger partial charge < -0.3 is 34.3 Å². The van der Waals surface area contributed by atoms with Crippen molar-refractivity contribution in [2.24, 2.45) is 0 Å². The molecule has 2 heterocycles. The van der Waals surface area contributed by atoms with Gasteiger partial charge in [0.2, 0.25) is 0 Å². The van der Waals surface area contributed by atoms with Gasteiger partial charge in [0.05, 0.1) is 26.4 Å². The van der Waals surface area contributed by atoms with Crippen molar-refractivity contribution in [1.29, 1.82) is 0 Å². The van der Waals surface area contributed by atoms with E-state index in [2.05, 4.69) is 0 Å². The van der Waals surface area contributed by atoms with Crippen molar-refractivity contribution in [2.45, 2.75) is 13.1 Å². The van der Waals surface area contributed by atoms with Crippen LogP contribution in [0.15, 0.2) is 37.4 Å². The first-order chi connectivity index (χ1) is 12.2. The molecule has 2 rings (SSSR count). The summed E-state index contributed by atoms with van der Waals surface area (Å²) in [6.45, 7) is 2.13. The zero-order valence-corrected chi connectivity index (χ0v) is 17.6. The number of rotatable bonds is 11. The average Bonchev–Trinajstić information content (AvgIpc) is 3.18. The Morgan fingerprint density at radius 2 is 1.07 bits per heavy atom. The average molecular weight is 483 g/mol. The minimum absolute atomic E-state index is 0. The third-order valence-electron chi connectivity index (χ3n) is 3.23. The fraction of sp³-hybridized carbons (Fsp3) is 0.500. The molecule has 0 bridgehead atoms. The molecule has 16 heteroatoms. The standard InChI is InChI=1S/C12H18N4O8S2.2ClH/c17-25(18,19)15-3-1-13(11-15)5-7-23-9-10-24-8-6-14-2-4-16(12-14)26(20,21)22;;/h1-4,11-12H,5-10H2;2*1H. The third-order valence-corrected chi connectivity index (χ3v) is 4.72. The first-order valence-corrected chi connectivity index (χ1v) is 10.2. The molecule has 0 aliphatic heterocycles. The van der Waals surface area contributed by atoms with E-state index in [1.165, 1.54) is 37.4 Å². The molecule has 0 amide bonds. The third kappa shape index (κ3) is 8.83. The maximum Gasteiger partial charge on any atom is 0.439 e. The maximum absolute atomic E-state index is 10.9. The fourth-order valence-corrected chi connectivity index (χ4v) is 2.85. The summed E-state index contributed by atoms with van der Waals surface area (Å²) in [5.74, 6) is 0. The van der Waals surface area contributed by atoms with E-state index in [-0.39, 0.29) is 24.8 Å². The molecule has 2 N–H and O–H groups in total. The van der Waals surface area contributed by atoms with E-state index in [1.54, 1.807) is 9.13 Å². The van der Waals surface area contributed by atoms with Crippen molar-refractivity contribution in [1.82, 2.24) is 7.94 Å². The second-order valence-corrected chi connectivity index (χ2v) is 7.78. The van der Waals surface area contributed by atoms with Gasteiger partial charge in [-0.1, -0.05) is 0 Å². The van der Waals surface area contributed by atoms with Crippen molar-refractivity contribution < 1.29 is 69.4 Å². The lowest BCUT2D eigenvalue weighted by Crippen LogP contribution is -3.00. The van der Waals surface area contributed by atoms with Crippen LogP contribution in [0.25, 0.3) is 0 Å². The lowest BCUT2D eigenvalue weighted by molar-refractivity contribution is -0.698. The maximum atomic E-state index is 10.9. The Labute approximate surface area is 174 Å². The smallest absolute Gasteiger partial charge is 0.439 e. The normalized spacial score (nSPS) is 11.6. The molecule has 162 valence electrons. The highest BCUT2D eigenvalue weighted by Crippen LogP contribution is 1.91. The molecule has 0 aromatic carbocycles. The topological polar surface area (TPSA) is 145 Å². The number of hydrogen-bond acceptors (Lipinski definition) is 6. The van der Waals surface area contributed by atoms with Crippen LogP contribution in [-0.4, -0.2) is 60.3 Å². The number of hydrogen-bond donors (Lipinski definition) is 2. The molecule has 0 radical (unpaired) electrons. The monoisotopic (exact) mass is 482 g/mol. The predicted octanol–water partition coefficient (Wildman–Crippen LogP) is -8.09. The molecular weight excluding hydrogens is 463 g/mol. The zero-order chi connectivity index (χ0) is 19.2. The summed E-state index contributed by atoms with van der Waals surface area (Å²) in [6.07, 6.45) is 7.86. The van der Waals surface area contributed by atoms with Crippen LogP contribution in [0, 0.1) is 0 Å². The summed E-state index contributed by atoms with van der Waals surface area (Å²) in [4.78, 5) is 0. The van der Waals surface area contributed by atoms with Crippen molar-refractivity contribution in [2.75, 3.05) is 26.4 Å². The molecule has 12 nitrogen and oxygen atoms in total. The highest BCUT2D eigenvalue weighted by molar-refractivity contribution is 7.84. The summed E-state index contributed by atoms with van der Waals surface area (Å²) in [5, 5.41) is 0. The molecule has 2 aromatic heterocycles. The summed E-state index contributed by atoms with van der Waals surface area (Å²) < 4.78 is 76.4. The number of imidazole rings is 2. The molecule has 2 aromatic rings. The molecule has 0 atom stereocenters. The SMILES string of the molecule is O=S(=O)(O)n1cc[n+](CCOCCOCC[n+]2ccn(S(=O)(=O)O)c2)c1.[Cl-].[Cl-]. The van der Waals surface area contributed by atoms with Crippen LogP contribution in [-0.2, 0) is 43.2 Å². The molecule has 0 spiro atoms. The highest BCUT2D eigenvalue weighted by atomic mass is 35.5. The molecular formula is C12H20Cl2N4O8S2. The first-order valence-electron chi connectivity index (χ1n) is 7.42. The van der Waals surface area contributed by atoms with Gasteiger partial charge in [-0.3, -0.25) is 9.11 Å². The second-order valence-electron chi connectivity index (χ2n) is 5.14. The quantitative estimate of drug-likeness (QED) is 0.182. The van der Waals surface area contributed by atoms with E-state index in [4.69, 9.17) is 18.6 Å². The second kappa shape index (κ2) is 11.7. The minimum Gasteiger partial charge on any atom is -1.00 e. The molecule has 0 unspecified atom stereocenters. The van der Waals surface area contributed by atoms with E-state index in [0.717, 1.165) is 0 Å². The molecule has 0 saturated carbocycles. The van der Waals surface area contributed by atoms with Crippen molar-refractivity contribution in [3.8, 4) is 0 Å². The Bertz CT molecular complexity index is 853. The zero-order valence-electron chi connectivity index (χ0n) is 14.4. The van der Waals surface area contributed by atoms with E-state index in [9.17, 15) is 16.8 Å². The van der Waals surface area contributed by atoms with Gasteiger partial charge in [-0.15, -0.1) is 7.94 Å². The Morgan fingerprint density at radius 3 is 1.36 bits per heavy atom. The van der Waals surface area contributed by atoms with Crippen LogP contribution in [0.1, 0.15) is 0 Å². The molecule has 0 aliphatic rings. The first kappa shape index (κ1) is 26.7. The van der Waals surface area contributed by atoms with Crippen LogP contribution in [0.3, 0.4) is 0 Å². The molecule has 0 fully saturated rings. The van der Waals surface area contributed by atoms with Crippen LogP contribution in [0.5, 0.6) is 0 Å². The largest absolute Gasteiger partial charge is 1.00 e. The Balaban J connectivity index is 0.00000364. The van der Waals surface area contributed by atoms with Gasteiger partial charge in [0.25, 0.3) is 12.7 Å². The van der Waals surface area contributed by atoms with Crippen LogP contribution in [0.2, 0.25) is 0 Å². The summed E-state index contributed by atoms with van der Waals surface area (Å²) in [7, 11) is -8.55. The van der Waals surface area contributed by atoms with E-state index in [0.29, 0.717) is 47.5 Å². The van der Waals surface area contributed by atoms with Crippen molar-refractivity contribution >= 4 is 20.6 Å². The van der Waals surface area contributed by atoms with Crippen LogP contribution < -0.4 is 33.9 Å². The number of nitrogens with zero attached hydrogens (tertiary/aromatic N) is 4. The van der Waals surface area contributed by atoms with Gasteiger partial charge in [-0.25, -0.2) is 9.13 Å². The minimum atomic E-state index is -4.27. The van der Waals surface area contributed by atoms with Gasteiger partial charge >= 0.3 is 20.6 Å². The van der Waals surface area contributed by atoms with Gasteiger partial charge in [0.1, 0.15) is 37.9 Å². The van der Waals surface area contributed by atoms with E-state index in [1.807, 2.05) is 0 Å². The van der Waals surface area contributed by atoms with Gasteiger partial charge in [-0.2, -0.15) is 16.8 Å². The van der Waals surface area contributed by atoms with Crippen molar-refractivity contribution in [3.63, 3.8) is 0 Å². The molecule has 0 saturated heterocycles. The number of halogens is 2. The molecule has 28 heavy (non-hydrogen) atoms. The lowest BCUT2D eigenvalue weighted by atomic mass is 10.6.